The standard InChI is InChI=1S/C33H35N3O4/c1-19-18-25-22(8-10-24(35-25)32(38)36-15-6-7-16-36)29(27(19)31(20(2)37)40-33(3,4)5)23-9-11-26-28-21(13-17-39-26)12-14-34-30(23)28/h8-12,14,18,31H,6-7,13,15-17H2,1-5H3/t31-/m1/s1. The van der Waals surface area contributed by atoms with Crippen LogP contribution in [0.15, 0.2) is 42.6 Å². The molecule has 7 nitrogen and oxygen atoms in total. The van der Waals surface area contributed by atoms with E-state index in [9.17, 15) is 9.59 Å². The molecule has 4 aromatic rings. The highest BCUT2D eigenvalue weighted by Crippen LogP contribution is 2.45. The molecule has 0 bridgehead atoms. The highest BCUT2D eigenvalue weighted by atomic mass is 16.5. The summed E-state index contributed by atoms with van der Waals surface area (Å²) in [6, 6.07) is 11.8. The lowest BCUT2D eigenvalue weighted by Gasteiger charge is -2.30. The number of rotatable bonds is 5. The zero-order chi connectivity index (χ0) is 28.2. The third kappa shape index (κ3) is 4.62. The quantitative estimate of drug-likeness (QED) is 0.294. The zero-order valence-electron chi connectivity index (χ0n) is 23.8. The Morgan fingerprint density at radius 2 is 1.85 bits per heavy atom. The number of hydrogen-bond donors (Lipinski definition) is 0. The molecule has 0 N–H and O–H groups in total. The summed E-state index contributed by atoms with van der Waals surface area (Å²) in [5, 5.41) is 1.85. The molecule has 2 aromatic carbocycles. The number of fused-ring (bicyclic) bond motifs is 1. The lowest BCUT2D eigenvalue weighted by atomic mass is 9.85. The van der Waals surface area contributed by atoms with Crippen LogP contribution in [0.3, 0.4) is 0 Å². The lowest BCUT2D eigenvalue weighted by molar-refractivity contribution is -0.138. The third-order valence-electron chi connectivity index (χ3n) is 7.80. The van der Waals surface area contributed by atoms with Crippen LogP contribution in [0.4, 0.5) is 0 Å². The molecule has 6 rings (SSSR count). The van der Waals surface area contributed by atoms with Crippen LogP contribution < -0.4 is 4.74 Å². The smallest absolute Gasteiger partial charge is 0.272 e. The number of ether oxygens (including phenoxy) is 2. The Hall–Kier alpha value is -3.84. The number of aryl methyl sites for hydroxylation is 1. The van der Waals surface area contributed by atoms with Gasteiger partial charge in [0.2, 0.25) is 0 Å². The topological polar surface area (TPSA) is 81.6 Å². The molecular formula is C33H35N3O4. The summed E-state index contributed by atoms with van der Waals surface area (Å²) in [6.45, 7) is 11.6. The average molecular weight is 538 g/mol. The van der Waals surface area contributed by atoms with Crippen molar-refractivity contribution < 1.29 is 19.1 Å². The number of pyridine rings is 2. The van der Waals surface area contributed by atoms with Crippen LogP contribution in [-0.4, -0.2) is 51.9 Å². The van der Waals surface area contributed by atoms with Gasteiger partial charge in [-0.1, -0.05) is 0 Å². The maximum absolute atomic E-state index is 13.2. The minimum absolute atomic E-state index is 0.0410. The van der Waals surface area contributed by atoms with Crippen molar-refractivity contribution in [1.82, 2.24) is 14.9 Å². The number of ketones is 1. The second kappa shape index (κ2) is 9.97. The van der Waals surface area contributed by atoms with Gasteiger partial charge in [-0.05, 0) is 106 Å². The summed E-state index contributed by atoms with van der Waals surface area (Å²) in [4.78, 5) is 38.0. The summed E-state index contributed by atoms with van der Waals surface area (Å²) in [5.41, 5.74) is 6.02. The summed E-state index contributed by atoms with van der Waals surface area (Å²) < 4.78 is 12.4. The first-order chi connectivity index (χ1) is 19.1. The summed E-state index contributed by atoms with van der Waals surface area (Å²) in [5.74, 6) is 0.699. The Labute approximate surface area is 234 Å². The largest absolute Gasteiger partial charge is 0.493 e. The van der Waals surface area contributed by atoms with Gasteiger partial charge in [0.15, 0.2) is 5.78 Å². The van der Waals surface area contributed by atoms with Gasteiger partial charge in [-0.3, -0.25) is 14.6 Å². The SMILES string of the molecule is CC(=O)[C@@H](OC(C)(C)C)c1c(C)cc2nc(C(=O)N3CCCC3)ccc2c1-c1ccc2c3c(ccnc13)CCO2. The van der Waals surface area contributed by atoms with Gasteiger partial charge in [0, 0.05) is 42.0 Å². The van der Waals surface area contributed by atoms with E-state index in [4.69, 9.17) is 19.4 Å². The van der Waals surface area contributed by atoms with Gasteiger partial charge in [0.1, 0.15) is 17.5 Å². The molecule has 1 atom stereocenters. The van der Waals surface area contributed by atoms with Crippen LogP contribution in [-0.2, 0) is 16.0 Å². The third-order valence-corrected chi connectivity index (χ3v) is 7.80. The van der Waals surface area contributed by atoms with Crippen molar-refractivity contribution in [3.8, 4) is 16.9 Å². The number of nitrogens with zero attached hydrogens (tertiary/aromatic N) is 3. The first-order valence-electron chi connectivity index (χ1n) is 14.1. The van der Waals surface area contributed by atoms with Crippen LogP contribution in [0.2, 0.25) is 0 Å². The van der Waals surface area contributed by atoms with E-state index in [1.807, 2.05) is 69.1 Å². The lowest BCUT2D eigenvalue weighted by Crippen LogP contribution is -2.28. The summed E-state index contributed by atoms with van der Waals surface area (Å²) in [7, 11) is 0. The number of likely N-dealkylation sites (tertiary alicyclic amines) is 1. The number of hydrogen-bond acceptors (Lipinski definition) is 6. The second-order valence-corrected chi connectivity index (χ2v) is 11.9. The van der Waals surface area contributed by atoms with Crippen LogP contribution >= 0.6 is 0 Å². The fourth-order valence-corrected chi connectivity index (χ4v) is 6.05. The monoisotopic (exact) mass is 537 g/mol. The minimum Gasteiger partial charge on any atom is -0.493 e. The Kier molecular flexibility index (Phi) is 6.57. The second-order valence-electron chi connectivity index (χ2n) is 11.9. The van der Waals surface area contributed by atoms with Crippen molar-refractivity contribution in [2.45, 2.75) is 65.6 Å². The van der Waals surface area contributed by atoms with Gasteiger partial charge in [-0.15, -0.1) is 0 Å². The van der Waals surface area contributed by atoms with Gasteiger partial charge < -0.3 is 14.4 Å². The molecule has 0 unspecified atom stereocenters. The minimum atomic E-state index is -0.785. The molecule has 40 heavy (non-hydrogen) atoms. The number of benzene rings is 2. The summed E-state index contributed by atoms with van der Waals surface area (Å²) >= 11 is 0. The Morgan fingerprint density at radius 3 is 2.58 bits per heavy atom. The number of amides is 1. The van der Waals surface area contributed by atoms with Crippen molar-refractivity contribution >= 4 is 33.5 Å². The van der Waals surface area contributed by atoms with Crippen LogP contribution in [0.1, 0.15) is 73.8 Å². The number of carbonyl (C=O) groups excluding carboxylic acids is 2. The van der Waals surface area contributed by atoms with E-state index in [0.29, 0.717) is 17.8 Å². The fourth-order valence-electron chi connectivity index (χ4n) is 6.05. The molecule has 0 radical (unpaired) electrons. The Balaban J connectivity index is 1.65. The van der Waals surface area contributed by atoms with Gasteiger partial charge in [0.05, 0.1) is 23.2 Å². The first-order valence-corrected chi connectivity index (χ1v) is 14.1. The zero-order valence-corrected chi connectivity index (χ0v) is 23.8. The van der Waals surface area contributed by atoms with E-state index >= 15 is 0 Å². The molecule has 2 aromatic heterocycles. The van der Waals surface area contributed by atoms with Crippen molar-refractivity contribution in [2.75, 3.05) is 19.7 Å². The molecule has 1 saturated heterocycles. The maximum atomic E-state index is 13.2. The van der Waals surface area contributed by atoms with E-state index < -0.39 is 11.7 Å². The predicted molar refractivity (Wildman–Crippen MR) is 156 cm³/mol. The van der Waals surface area contributed by atoms with Crippen LogP contribution in [0, 0.1) is 6.92 Å². The molecule has 2 aliphatic heterocycles. The van der Waals surface area contributed by atoms with E-state index in [1.54, 1.807) is 13.0 Å². The van der Waals surface area contributed by atoms with Crippen LogP contribution in [0.25, 0.3) is 32.9 Å². The van der Waals surface area contributed by atoms with Gasteiger partial charge in [0.25, 0.3) is 5.91 Å². The normalized spacial score (nSPS) is 15.9. The molecule has 1 fully saturated rings. The first kappa shape index (κ1) is 26.4. The van der Waals surface area contributed by atoms with Crippen molar-refractivity contribution in [1.29, 1.82) is 0 Å². The molecule has 4 heterocycles. The van der Waals surface area contributed by atoms with E-state index in [2.05, 4.69) is 0 Å². The summed E-state index contributed by atoms with van der Waals surface area (Å²) in [6.07, 6.45) is 3.91. The highest BCUT2D eigenvalue weighted by molar-refractivity contribution is 6.09. The molecule has 0 saturated carbocycles. The average Bonchev–Trinajstić information content (AvgIpc) is 3.46. The number of aromatic nitrogens is 2. The van der Waals surface area contributed by atoms with E-state index in [1.165, 1.54) is 5.56 Å². The fraction of sp³-hybridized carbons (Fsp3) is 0.394. The Morgan fingerprint density at radius 1 is 1.07 bits per heavy atom. The van der Waals surface area contributed by atoms with Crippen molar-refractivity contribution in [2.24, 2.45) is 0 Å². The molecule has 7 heteroatoms. The molecular weight excluding hydrogens is 502 g/mol. The predicted octanol–water partition coefficient (Wildman–Crippen LogP) is 6.37. The number of Topliss-reactive ketones (excluding diaryl/α,β-unsaturated/α-hetero) is 1. The molecule has 0 aliphatic carbocycles. The number of carbonyl (C=O) groups is 2. The molecule has 2 aliphatic rings. The van der Waals surface area contributed by atoms with Crippen molar-refractivity contribution in [3.63, 3.8) is 0 Å². The Bertz CT molecular complexity index is 1650. The van der Waals surface area contributed by atoms with E-state index in [0.717, 1.165) is 76.6 Å². The van der Waals surface area contributed by atoms with Gasteiger partial charge in [-0.25, -0.2) is 4.98 Å². The molecule has 1 amide bonds. The van der Waals surface area contributed by atoms with Crippen molar-refractivity contribution in [3.05, 3.63) is 65.0 Å². The van der Waals surface area contributed by atoms with Crippen LogP contribution in [0.5, 0.6) is 5.75 Å². The highest BCUT2D eigenvalue weighted by Gasteiger charge is 2.31. The molecule has 206 valence electrons. The van der Waals surface area contributed by atoms with Gasteiger partial charge >= 0.3 is 0 Å². The van der Waals surface area contributed by atoms with E-state index in [-0.39, 0.29) is 11.7 Å². The maximum Gasteiger partial charge on any atom is 0.272 e. The molecule has 0 spiro atoms. The van der Waals surface area contributed by atoms with Gasteiger partial charge in [-0.2, -0.15) is 0 Å².